The van der Waals surface area contributed by atoms with Gasteiger partial charge in [-0.15, -0.1) is 11.3 Å². The molecule has 1 fully saturated rings. The molecule has 1 aliphatic heterocycles. The first kappa shape index (κ1) is 15.3. The smallest absolute Gasteiger partial charge is 0.264 e. The molecule has 4 rings (SSSR count). The van der Waals surface area contributed by atoms with Crippen LogP contribution in [0.1, 0.15) is 9.67 Å². The van der Waals surface area contributed by atoms with Gasteiger partial charge in [0.2, 0.25) is 0 Å². The van der Waals surface area contributed by atoms with Crippen molar-refractivity contribution in [2.24, 2.45) is 0 Å². The van der Waals surface area contributed by atoms with Crippen molar-refractivity contribution in [3.8, 4) is 11.1 Å². The van der Waals surface area contributed by atoms with Gasteiger partial charge < -0.3 is 9.64 Å². The Morgan fingerprint density at radius 1 is 1.08 bits per heavy atom. The van der Waals surface area contributed by atoms with Gasteiger partial charge in [0.15, 0.2) is 0 Å². The van der Waals surface area contributed by atoms with Gasteiger partial charge in [-0.1, -0.05) is 24.3 Å². The van der Waals surface area contributed by atoms with E-state index in [-0.39, 0.29) is 11.7 Å². The second-order valence-electron chi connectivity index (χ2n) is 5.74. The Morgan fingerprint density at radius 3 is 2.58 bits per heavy atom. The number of nitrogens with zero attached hydrogens (tertiary/aromatic N) is 1. The maximum absolute atomic E-state index is 13.2. The minimum Gasteiger partial charge on any atom is -0.378 e. The van der Waals surface area contributed by atoms with Crippen molar-refractivity contribution < 1.29 is 13.9 Å². The topological polar surface area (TPSA) is 29.5 Å². The number of benzene rings is 2. The van der Waals surface area contributed by atoms with E-state index in [1.54, 1.807) is 12.1 Å². The summed E-state index contributed by atoms with van der Waals surface area (Å²) in [5, 5.41) is 1.03. The third kappa shape index (κ3) is 2.81. The fraction of sp³-hybridized carbons (Fsp3) is 0.211. The fourth-order valence-corrected chi connectivity index (χ4v) is 4.03. The Kier molecular flexibility index (Phi) is 4.04. The first-order valence-corrected chi connectivity index (χ1v) is 8.69. The Bertz CT molecular complexity index is 882. The van der Waals surface area contributed by atoms with Crippen LogP contribution in [0.3, 0.4) is 0 Å². The summed E-state index contributed by atoms with van der Waals surface area (Å²) in [7, 11) is 0. The van der Waals surface area contributed by atoms with Gasteiger partial charge >= 0.3 is 0 Å². The molecule has 1 amide bonds. The first-order valence-electron chi connectivity index (χ1n) is 7.88. The van der Waals surface area contributed by atoms with Gasteiger partial charge in [-0.25, -0.2) is 4.39 Å². The molecule has 0 aliphatic carbocycles. The summed E-state index contributed by atoms with van der Waals surface area (Å²) in [4.78, 5) is 15.3. The van der Waals surface area contributed by atoms with Crippen molar-refractivity contribution in [2.45, 2.75) is 0 Å². The zero-order chi connectivity index (χ0) is 16.5. The molecule has 24 heavy (non-hydrogen) atoms. The van der Waals surface area contributed by atoms with Crippen LogP contribution in [0.25, 0.3) is 21.2 Å². The van der Waals surface area contributed by atoms with Crippen molar-refractivity contribution in [3.63, 3.8) is 0 Å². The molecular formula is C19H16FNO2S. The summed E-state index contributed by atoms with van der Waals surface area (Å²) in [6, 6.07) is 14.4. The molecular weight excluding hydrogens is 325 g/mol. The van der Waals surface area contributed by atoms with Crippen LogP contribution in [-0.4, -0.2) is 37.1 Å². The average Bonchev–Trinajstić information content (AvgIpc) is 3.07. The van der Waals surface area contributed by atoms with Crippen LogP contribution in [0.15, 0.2) is 48.5 Å². The quantitative estimate of drug-likeness (QED) is 0.700. The summed E-state index contributed by atoms with van der Waals surface area (Å²) in [5.41, 5.74) is 1.97. The third-order valence-electron chi connectivity index (χ3n) is 4.23. The van der Waals surface area contributed by atoms with Crippen molar-refractivity contribution in [1.29, 1.82) is 0 Å². The standard InChI is InChI=1S/C19H16FNO2S/c20-14-6-4-13(5-7-14)15-2-1-3-17-16(15)12-18(24-17)19(22)21-8-10-23-11-9-21/h1-7,12H,8-11H2. The predicted molar refractivity (Wildman–Crippen MR) is 93.9 cm³/mol. The molecule has 0 unspecified atom stereocenters. The highest BCUT2D eigenvalue weighted by Crippen LogP contribution is 2.34. The van der Waals surface area contributed by atoms with E-state index in [9.17, 15) is 9.18 Å². The maximum Gasteiger partial charge on any atom is 0.264 e. The molecule has 0 saturated carbocycles. The van der Waals surface area contributed by atoms with Gasteiger partial charge in [-0.05, 0) is 35.4 Å². The number of rotatable bonds is 2. The lowest BCUT2D eigenvalue weighted by Gasteiger charge is -2.26. The highest BCUT2D eigenvalue weighted by atomic mass is 32.1. The van der Waals surface area contributed by atoms with Gasteiger partial charge in [0.05, 0.1) is 18.1 Å². The Morgan fingerprint density at radius 2 is 1.83 bits per heavy atom. The number of hydrogen-bond donors (Lipinski definition) is 0. The van der Waals surface area contributed by atoms with Gasteiger partial charge in [0, 0.05) is 23.2 Å². The summed E-state index contributed by atoms with van der Waals surface area (Å²) < 4.78 is 19.5. The number of carbonyl (C=O) groups excluding carboxylic acids is 1. The molecule has 5 heteroatoms. The predicted octanol–water partition coefficient (Wildman–Crippen LogP) is 4.18. The Labute approximate surface area is 143 Å². The second-order valence-corrected chi connectivity index (χ2v) is 6.82. The average molecular weight is 341 g/mol. The summed E-state index contributed by atoms with van der Waals surface area (Å²) in [6.45, 7) is 2.46. The SMILES string of the molecule is O=C(c1cc2c(-c3ccc(F)cc3)cccc2s1)N1CCOCC1. The minimum atomic E-state index is -0.251. The number of fused-ring (bicyclic) bond motifs is 1. The van der Waals surface area contributed by atoms with E-state index in [1.807, 2.05) is 29.2 Å². The van der Waals surface area contributed by atoms with Crippen LogP contribution in [0.4, 0.5) is 4.39 Å². The van der Waals surface area contributed by atoms with E-state index in [1.165, 1.54) is 23.5 Å². The molecule has 0 N–H and O–H groups in total. The van der Waals surface area contributed by atoms with Crippen molar-refractivity contribution in [1.82, 2.24) is 4.90 Å². The molecule has 0 spiro atoms. The van der Waals surface area contributed by atoms with E-state index in [0.717, 1.165) is 26.1 Å². The molecule has 1 saturated heterocycles. The van der Waals surface area contributed by atoms with Gasteiger partial charge in [-0.3, -0.25) is 4.79 Å². The molecule has 0 radical (unpaired) electrons. The summed E-state index contributed by atoms with van der Waals surface area (Å²) in [5.74, 6) is -0.191. The van der Waals surface area contributed by atoms with Crippen molar-refractivity contribution >= 4 is 27.3 Å². The van der Waals surface area contributed by atoms with Crippen LogP contribution in [0.5, 0.6) is 0 Å². The van der Waals surface area contributed by atoms with Gasteiger partial charge in [0.1, 0.15) is 5.82 Å². The molecule has 1 aromatic heterocycles. The number of hydrogen-bond acceptors (Lipinski definition) is 3. The van der Waals surface area contributed by atoms with E-state index < -0.39 is 0 Å². The molecule has 3 nitrogen and oxygen atoms in total. The molecule has 0 bridgehead atoms. The largest absolute Gasteiger partial charge is 0.378 e. The number of thiophene rings is 1. The van der Waals surface area contributed by atoms with Crippen LogP contribution in [0.2, 0.25) is 0 Å². The van der Waals surface area contributed by atoms with Crippen LogP contribution in [-0.2, 0) is 4.74 Å². The fourth-order valence-electron chi connectivity index (χ4n) is 2.97. The number of morpholine rings is 1. The minimum absolute atomic E-state index is 0.0598. The summed E-state index contributed by atoms with van der Waals surface area (Å²) in [6.07, 6.45) is 0. The highest BCUT2D eigenvalue weighted by Gasteiger charge is 2.21. The van der Waals surface area contributed by atoms with Crippen LogP contribution in [0, 0.1) is 5.82 Å². The molecule has 0 atom stereocenters. The summed E-state index contributed by atoms with van der Waals surface area (Å²) >= 11 is 1.50. The second kappa shape index (κ2) is 6.34. The molecule has 3 aromatic rings. The van der Waals surface area contributed by atoms with E-state index in [2.05, 4.69) is 0 Å². The van der Waals surface area contributed by atoms with Crippen molar-refractivity contribution in [3.05, 3.63) is 59.2 Å². The molecule has 1 aliphatic rings. The van der Waals surface area contributed by atoms with E-state index in [0.29, 0.717) is 26.3 Å². The normalized spacial score (nSPS) is 15.0. The number of halogens is 1. The number of amides is 1. The molecule has 2 aromatic carbocycles. The number of ether oxygens (including phenoxy) is 1. The zero-order valence-electron chi connectivity index (χ0n) is 13.0. The van der Waals surface area contributed by atoms with Crippen LogP contribution < -0.4 is 0 Å². The van der Waals surface area contributed by atoms with Crippen LogP contribution >= 0.6 is 11.3 Å². The first-order chi connectivity index (χ1) is 11.7. The van der Waals surface area contributed by atoms with Crippen molar-refractivity contribution in [2.75, 3.05) is 26.3 Å². The maximum atomic E-state index is 13.2. The Hall–Kier alpha value is -2.24. The lowest BCUT2D eigenvalue weighted by molar-refractivity contribution is 0.0306. The lowest BCUT2D eigenvalue weighted by Crippen LogP contribution is -2.40. The van der Waals surface area contributed by atoms with Gasteiger partial charge in [-0.2, -0.15) is 0 Å². The highest BCUT2D eigenvalue weighted by molar-refractivity contribution is 7.20. The molecule has 122 valence electrons. The van der Waals surface area contributed by atoms with E-state index >= 15 is 0 Å². The zero-order valence-corrected chi connectivity index (χ0v) is 13.8. The van der Waals surface area contributed by atoms with E-state index in [4.69, 9.17) is 4.74 Å². The molecule has 2 heterocycles. The van der Waals surface area contributed by atoms with Gasteiger partial charge in [0.25, 0.3) is 5.91 Å². The third-order valence-corrected chi connectivity index (χ3v) is 5.31. The Balaban J connectivity index is 1.74. The lowest BCUT2D eigenvalue weighted by atomic mass is 10.0. The number of carbonyl (C=O) groups is 1. The monoisotopic (exact) mass is 341 g/mol.